The fourth-order valence-corrected chi connectivity index (χ4v) is 4.81. The Labute approximate surface area is 147 Å². The number of carbonyl (C=O) groups excluding carboxylic acids is 2. The fourth-order valence-electron chi connectivity index (χ4n) is 4.19. The van der Waals surface area contributed by atoms with Crippen molar-refractivity contribution >= 4 is 23.2 Å². The van der Waals surface area contributed by atoms with Crippen LogP contribution in [0.25, 0.3) is 0 Å². The summed E-state index contributed by atoms with van der Waals surface area (Å²) in [7, 11) is 0. The Morgan fingerprint density at radius 1 is 1.29 bits per heavy atom. The van der Waals surface area contributed by atoms with Crippen molar-refractivity contribution in [2.24, 2.45) is 11.8 Å². The van der Waals surface area contributed by atoms with Crippen molar-refractivity contribution in [3.8, 4) is 0 Å². The number of fused-ring (bicyclic) bond motifs is 4. The molecule has 2 bridgehead atoms. The summed E-state index contributed by atoms with van der Waals surface area (Å²) in [5.74, 6) is 1.11. The van der Waals surface area contributed by atoms with Gasteiger partial charge in [0.15, 0.2) is 0 Å². The number of thiazole rings is 1. The molecule has 1 aromatic rings. The van der Waals surface area contributed by atoms with Crippen LogP contribution < -0.4 is 0 Å². The van der Waals surface area contributed by atoms with Crippen LogP contribution in [-0.4, -0.2) is 52.3 Å². The van der Waals surface area contributed by atoms with Crippen molar-refractivity contribution in [1.82, 2.24) is 14.8 Å². The lowest BCUT2D eigenvalue weighted by atomic mass is 9.83. The first-order valence-electron chi connectivity index (χ1n) is 9.09. The third-order valence-electron chi connectivity index (χ3n) is 5.82. The second kappa shape index (κ2) is 6.47. The minimum absolute atomic E-state index is 0.00458. The highest BCUT2D eigenvalue weighted by atomic mass is 32.1. The van der Waals surface area contributed by atoms with Gasteiger partial charge in [-0.05, 0) is 38.5 Å². The number of hydrogen-bond acceptors (Lipinski definition) is 4. The molecule has 6 heteroatoms. The molecule has 1 saturated carbocycles. The normalized spacial score (nSPS) is 27.3. The minimum atomic E-state index is 0.00458. The van der Waals surface area contributed by atoms with Crippen LogP contribution in [0.15, 0.2) is 5.38 Å². The van der Waals surface area contributed by atoms with E-state index in [1.54, 1.807) is 11.3 Å². The molecule has 2 amide bonds. The molecule has 0 radical (unpaired) electrons. The molecule has 0 unspecified atom stereocenters. The van der Waals surface area contributed by atoms with E-state index < -0.39 is 0 Å². The van der Waals surface area contributed by atoms with E-state index in [2.05, 4.69) is 9.88 Å². The Bertz CT molecular complexity index is 640. The first kappa shape index (κ1) is 16.1. The van der Waals surface area contributed by atoms with E-state index in [0.717, 1.165) is 30.1 Å². The van der Waals surface area contributed by atoms with Gasteiger partial charge in [0.1, 0.15) is 0 Å². The van der Waals surface area contributed by atoms with Crippen molar-refractivity contribution in [3.63, 3.8) is 0 Å². The molecule has 0 aromatic carbocycles. The van der Waals surface area contributed by atoms with E-state index in [9.17, 15) is 9.59 Å². The number of aromatic nitrogens is 1. The highest BCUT2D eigenvalue weighted by Gasteiger charge is 2.42. The maximum atomic E-state index is 12.8. The SMILES string of the molecule is Cc1nc(CC(=O)N2C[C@@H]3CC[C@H](C2)N(CC2CCC2)C3=O)cs1. The summed E-state index contributed by atoms with van der Waals surface area (Å²) in [6.07, 6.45) is 6.16. The molecule has 24 heavy (non-hydrogen) atoms. The maximum absolute atomic E-state index is 12.8. The van der Waals surface area contributed by atoms with Gasteiger partial charge in [-0.3, -0.25) is 9.59 Å². The van der Waals surface area contributed by atoms with E-state index in [-0.39, 0.29) is 23.8 Å². The Morgan fingerprint density at radius 3 is 2.79 bits per heavy atom. The lowest BCUT2D eigenvalue weighted by molar-refractivity contribution is -0.141. The number of hydrogen-bond donors (Lipinski definition) is 0. The second-order valence-electron chi connectivity index (χ2n) is 7.55. The summed E-state index contributed by atoms with van der Waals surface area (Å²) in [6.45, 7) is 4.17. The lowest BCUT2D eigenvalue weighted by Gasteiger charge is -2.40. The third kappa shape index (κ3) is 3.08. The van der Waals surface area contributed by atoms with Gasteiger partial charge in [-0.15, -0.1) is 11.3 Å². The van der Waals surface area contributed by atoms with Crippen LogP contribution in [0, 0.1) is 18.8 Å². The summed E-state index contributed by atoms with van der Waals surface area (Å²) < 4.78 is 0. The van der Waals surface area contributed by atoms with Crippen molar-refractivity contribution in [2.75, 3.05) is 19.6 Å². The number of amides is 2. The Morgan fingerprint density at radius 2 is 2.12 bits per heavy atom. The molecular formula is C18H25N3O2S. The average molecular weight is 347 g/mol. The second-order valence-corrected chi connectivity index (χ2v) is 8.61. The van der Waals surface area contributed by atoms with Gasteiger partial charge < -0.3 is 9.80 Å². The molecule has 0 spiro atoms. The lowest BCUT2D eigenvalue weighted by Crippen LogP contribution is -2.50. The van der Waals surface area contributed by atoms with Gasteiger partial charge >= 0.3 is 0 Å². The molecular weight excluding hydrogens is 322 g/mol. The summed E-state index contributed by atoms with van der Waals surface area (Å²) in [6, 6.07) is 0.220. The highest BCUT2D eigenvalue weighted by molar-refractivity contribution is 7.09. The van der Waals surface area contributed by atoms with Gasteiger partial charge in [0.25, 0.3) is 0 Å². The van der Waals surface area contributed by atoms with E-state index in [1.165, 1.54) is 19.3 Å². The maximum Gasteiger partial charge on any atom is 0.228 e. The zero-order valence-corrected chi connectivity index (χ0v) is 15.1. The van der Waals surface area contributed by atoms with Gasteiger partial charge in [0.05, 0.1) is 23.0 Å². The van der Waals surface area contributed by atoms with Gasteiger partial charge in [-0.25, -0.2) is 4.98 Å². The van der Waals surface area contributed by atoms with E-state index in [0.29, 0.717) is 25.4 Å². The van der Waals surface area contributed by atoms with Gasteiger partial charge in [0, 0.05) is 31.1 Å². The van der Waals surface area contributed by atoms with Crippen LogP contribution in [0.4, 0.5) is 0 Å². The molecule has 130 valence electrons. The molecule has 2 atom stereocenters. The molecule has 1 aliphatic carbocycles. The largest absolute Gasteiger partial charge is 0.339 e. The third-order valence-corrected chi connectivity index (χ3v) is 6.65. The minimum Gasteiger partial charge on any atom is -0.339 e. The summed E-state index contributed by atoms with van der Waals surface area (Å²) in [4.78, 5) is 33.9. The molecule has 5 nitrogen and oxygen atoms in total. The smallest absolute Gasteiger partial charge is 0.228 e. The molecule has 4 aliphatic rings. The van der Waals surface area contributed by atoms with E-state index >= 15 is 0 Å². The number of nitrogens with zero attached hydrogens (tertiary/aromatic N) is 3. The zero-order chi connectivity index (χ0) is 16.7. The molecule has 1 aromatic heterocycles. The first-order chi connectivity index (χ1) is 11.6. The first-order valence-corrected chi connectivity index (χ1v) is 9.97. The zero-order valence-electron chi connectivity index (χ0n) is 14.2. The number of carbonyl (C=O) groups is 2. The fraction of sp³-hybridized carbons (Fsp3) is 0.722. The summed E-state index contributed by atoms with van der Waals surface area (Å²) in [5, 5.41) is 2.96. The molecule has 5 rings (SSSR count). The van der Waals surface area contributed by atoms with Gasteiger partial charge in [-0.1, -0.05) is 6.42 Å². The molecule has 4 fully saturated rings. The molecule has 3 saturated heterocycles. The number of aryl methyl sites for hydroxylation is 1. The quantitative estimate of drug-likeness (QED) is 0.839. The monoisotopic (exact) mass is 347 g/mol. The number of piperidine rings is 1. The predicted molar refractivity (Wildman–Crippen MR) is 92.7 cm³/mol. The molecule has 0 N–H and O–H groups in total. The van der Waals surface area contributed by atoms with Crippen LogP contribution in [-0.2, 0) is 16.0 Å². The van der Waals surface area contributed by atoms with Crippen molar-refractivity contribution in [1.29, 1.82) is 0 Å². The number of rotatable bonds is 4. The van der Waals surface area contributed by atoms with Gasteiger partial charge in [-0.2, -0.15) is 0 Å². The standard InChI is InChI=1S/C18H25N3O2S/c1-12-19-15(11-24-12)7-17(22)20-9-14-5-6-16(10-20)21(18(14)23)8-13-3-2-4-13/h11,13-14,16H,2-10H2,1H3/t14-,16+/m0/s1. The van der Waals surface area contributed by atoms with E-state index in [4.69, 9.17) is 0 Å². The Hall–Kier alpha value is -1.43. The summed E-state index contributed by atoms with van der Waals surface area (Å²) >= 11 is 1.58. The van der Waals surface area contributed by atoms with Crippen LogP contribution in [0.3, 0.4) is 0 Å². The van der Waals surface area contributed by atoms with Crippen molar-refractivity contribution in [2.45, 2.75) is 51.5 Å². The average Bonchev–Trinajstić information content (AvgIpc) is 2.74. The van der Waals surface area contributed by atoms with E-state index in [1.807, 2.05) is 17.2 Å². The Balaban J connectivity index is 1.44. The summed E-state index contributed by atoms with van der Waals surface area (Å²) in [5.41, 5.74) is 0.858. The molecule has 3 aliphatic heterocycles. The van der Waals surface area contributed by atoms with Crippen molar-refractivity contribution in [3.05, 3.63) is 16.1 Å². The Kier molecular flexibility index (Phi) is 4.33. The molecule has 4 heterocycles. The topological polar surface area (TPSA) is 53.5 Å². The van der Waals surface area contributed by atoms with Crippen LogP contribution >= 0.6 is 11.3 Å². The van der Waals surface area contributed by atoms with Gasteiger partial charge in [0.2, 0.25) is 11.8 Å². The highest BCUT2D eigenvalue weighted by Crippen LogP contribution is 2.34. The van der Waals surface area contributed by atoms with Crippen LogP contribution in [0.5, 0.6) is 0 Å². The van der Waals surface area contributed by atoms with Crippen molar-refractivity contribution < 1.29 is 9.59 Å². The predicted octanol–water partition coefficient (Wildman–Crippen LogP) is 2.24. The van der Waals surface area contributed by atoms with Crippen LogP contribution in [0.2, 0.25) is 0 Å². The van der Waals surface area contributed by atoms with Crippen LogP contribution in [0.1, 0.15) is 42.8 Å².